The Balaban J connectivity index is 1.78. The molecule has 0 saturated carbocycles. The highest BCUT2D eigenvalue weighted by molar-refractivity contribution is 7.07. The van der Waals surface area contributed by atoms with Crippen LogP contribution in [0.2, 0.25) is 5.02 Å². The molecule has 4 heteroatoms. The predicted octanol–water partition coefficient (Wildman–Crippen LogP) is 3.44. The molecule has 1 aromatic heterocycles. The lowest BCUT2D eigenvalue weighted by Gasteiger charge is -2.07. The first-order valence-electron chi connectivity index (χ1n) is 5.58. The number of aromatic nitrogens is 1. The molecule has 17 heavy (non-hydrogen) atoms. The van der Waals surface area contributed by atoms with Crippen LogP contribution in [0, 0.1) is 6.92 Å². The largest absolute Gasteiger partial charge is 0.312 e. The molecule has 0 saturated heterocycles. The third-order valence-electron chi connectivity index (χ3n) is 2.66. The second-order valence-electron chi connectivity index (χ2n) is 3.98. The van der Waals surface area contributed by atoms with Crippen molar-refractivity contribution in [2.45, 2.75) is 19.9 Å². The first kappa shape index (κ1) is 12.6. The molecule has 2 rings (SSSR count). The normalized spacial score (nSPS) is 10.7. The van der Waals surface area contributed by atoms with Gasteiger partial charge in [0.15, 0.2) is 0 Å². The van der Waals surface area contributed by atoms with E-state index in [0.29, 0.717) is 0 Å². The highest BCUT2D eigenvalue weighted by atomic mass is 35.5. The topological polar surface area (TPSA) is 24.9 Å². The van der Waals surface area contributed by atoms with Crippen LogP contribution in [-0.2, 0) is 13.0 Å². The van der Waals surface area contributed by atoms with Gasteiger partial charge < -0.3 is 5.32 Å². The Morgan fingerprint density at radius 2 is 2.29 bits per heavy atom. The number of hydrogen-bond donors (Lipinski definition) is 1. The van der Waals surface area contributed by atoms with Crippen molar-refractivity contribution in [1.29, 1.82) is 0 Å². The number of aryl methyl sites for hydroxylation is 1. The van der Waals surface area contributed by atoms with Crippen LogP contribution >= 0.6 is 22.9 Å². The molecule has 0 fully saturated rings. The van der Waals surface area contributed by atoms with Crippen LogP contribution in [-0.4, -0.2) is 11.5 Å². The van der Waals surface area contributed by atoms with Crippen LogP contribution < -0.4 is 5.32 Å². The molecule has 0 bridgehead atoms. The summed E-state index contributed by atoms with van der Waals surface area (Å²) in [6, 6.07) is 6.01. The summed E-state index contributed by atoms with van der Waals surface area (Å²) < 4.78 is 0. The standard InChI is InChI=1S/C13H15ClN2S/c1-10-6-12(14)3-2-11(10)7-15-5-4-13-8-17-9-16-13/h2-3,6,8-9,15H,4-5,7H2,1H3. The zero-order valence-electron chi connectivity index (χ0n) is 9.74. The average Bonchev–Trinajstić information content (AvgIpc) is 2.79. The summed E-state index contributed by atoms with van der Waals surface area (Å²) in [5, 5.41) is 6.31. The van der Waals surface area contributed by atoms with Gasteiger partial charge in [-0.05, 0) is 30.2 Å². The Morgan fingerprint density at radius 3 is 3.00 bits per heavy atom. The number of thiazole rings is 1. The fraction of sp³-hybridized carbons (Fsp3) is 0.308. The van der Waals surface area contributed by atoms with E-state index in [9.17, 15) is 0 Å². The number of benzene rings is 1. The van der Waals surface area contributed by atoms with Crippen LogP contribution in [0.4, 0.5) is 0 Å². The maximum atomic E-state index is 5.92. The lowest BCUT2D eigenvalue weighted by atomic mass is 10.1. The number of nitrogens with zero attached hydrogens (tertiary/aromatic N) is 1. The Morgan fingerprint density at radius 1 is 1.41 bits per heavy atom. The lowest BCUT2D eigenvalue weighted by molar-refractivity contribution is 0.679. The molecule has 0 aliphatic rings. The number of rotatable bonds is 5. The van der Waals surface area contributed by atoms with Crippen LogP contribution in [0.5, 0.6) is 0 Å². The Hall–Kier alpha value is -0.900. The minimum Gasteiger partial charge on any atom is -0.312 e. The highest BCUT2D eigenvalue weighted by Gasteiger charge is 1.99. The number of hydrogen-bond acceptors (Lipinski definition) is 3. The molecule has 0 aliphatic carbocycles. The van der Waals surface area contributed by atoms with Crippen LogP contribution in [0.15, 0.2) is 29.1 Å². The van der Waals surface area contributed by atoms with Crippen molar-refractivity contribution in [3.63, 3.8) is 0 Å². The maximum Gasteiger partial charge on any atom is 0.0794 e. The van der Waals surface area contributed by atoms with Crippen molar-refractivity contribution < 1.29 is 0 Å². The molecule has 0 unspecified atom stereocenters. The first-order valence-corrected chi connectivity index (χ1v) is 6.90. The van der Waals surface area contributed by atoms with E-state index in [1.165, 1.54) is 11.1 Å². The van der Waals surface area contributed by atoms with E-state index < -0.39 is 0 Å². The van der Waals surface area contributed by atoms with Crippen molar-refractivity contribution >= 4 is 22.9 Å². The van der Waals surface area contributed by atoms with Crippen LogP contribution in [0.3, 0.4) is 0 Å². The van der Waals surface area contributed by atoms with Gasteiger partial charge in [0.05, 0.1) is 11.2 Å². The fourth-order valence-electron chi connectivity index (χ4n) is 1.66. The summed E-state index contributed by atoms with van der Waals surface area (Å²) in [5.74, 6) is 0. The van der Waals surface area contributed by atoms with Crippen molar-refractivity contribution in [3.05, 3.63) is 50.9 Å². The molecule has 2 aromatic rings. The van der Waals surface area contributed by atoms with Gasteiger partial charge >= 0.3 is 0 Å². The molecular weight excluding hydrogens is 252 g/mol. The molecule has 0 amide bonds. The van der Waals surface area contributed by atoms with Crippen molar-refractivity contribution in [2.75, 3.05) is 6.54 Å². The highest BCUT2D eigenvalue weighted by Crippen LogP contribution is 2.14. The van der Waals surface area contributed by atoms with E-state index in [-0.39, 0.29) is 0 Å². The summed E-state index contributed by atoms with van der Waals surface area (Å²) in [6.07, 6.45) is 0.982. The first-order chi connectivity index (χ1) is 8.25. The molecule has 0 spiro atoms. The van der Waals surface area contributed by atoms with E-state index in [0.717, 1.165) is 30.2 Å². The summed E-state index contributed by atoms with van der Waals surface area (Å²) in [7, 11) is 0. The Kier molecular flexibility index (Phi) is 4.54. The van der Waals surface area contributed by atoms with E-state index in [2.05, 4.69) is 28.7 Å². The quantitative estimate of drug-likeness (QED) is 0.839. The molecule has 1 aromatic carbocycles. The minimum atomic E-state index is 0.800. The molecular formula is C13H15ClN2S. The van der Waals surface area contributed by atoms with E-state index in [1.807, 2.05) is 17.6 Å². The van der Waals surface area contributed by atoms with E-state index >= 15 is 0 Å². The molecule has 0 aliphatic heterocycles. The fourth-order valence-corrected chi connectivity index (χ4v) is 2.48. The number of halogens is 1. The van der Waals surface area contributed by atoms with Gasteiger partial charge in [0.2, 0.25) is 0 Å². The Bertz CT molecular complexity index is 468. The molecule has 90 valence electrons. The zero-order valence-corrected chi connectivity index (χ0v) is 11.3. The minimum absolute atomic E-state index is 0.800. The van der Waals surface area contributed by atoms with Gasteiger partial charge in [0.1, 0.15) is 0 Å². The maximum absolute atomic E-state index is 5.92. The predicted molar refractivity (Wildman–Crippen MR) is 73.7 cm³/mol. The average molecular weight is 267 g/mol. The Labute approximate surface area is 111 Å². The molecule has 2 nitrogen and oxygen atoms in total. The monoisotopic (exact) mass is 266 g/mol. The third kappa shape index (κ3) is 3.80. The van der Waals surface area contributed by atoms with Crippen molar-refractivity contribution in [1.82, 2.24) is 10.3 Å². The van der Waals surface area contributed by atoms with E-state index in [1.54, 1.807) is 11.3 Å². The molecule has 1 N–H and O–H groups in total. The second-order valence-corrected chi connectivity index (χ2v) is 5.13. The summed E-state index contributed by atoms with van der Waals surface area (Å²) >= 11 is 7.56. The SMILES string of the molecule is Cc1cc(Cl)ccc1CNCCc1cscn1. The van der Waals surface area contributed by atoms with Gasteiger partial charge in [-0.25, -0.2) is 4.98 Å². The zero-order chi connectivity index (χ0) is 12.1. The van der Waals surface area contributed by atoms with Gasteiger partial charge in [0, 0.05) is 29.9 Å². The molecule has 0 atom stereocenters. The van der Waals surface area contributed by atoms with E-state index in [4.69, 9.17) is 11.6 Å². The molecule has 1 heterocycles. The molecule has 0 radical (unpaired) electrons. The summed E-state index contributed by atoms with van der Waals surface area (Å²) in [6.45, 7) is 3.92. The van der Waals surface area contributed by atoms with Gasteiger partial charge in [0.25, 0.3) is 0 Å². The third-order valence-corrected chi connectivity index (χ3v) is 3.53. The summed E-state index contributed by atoms with van der Waals surface area (Å²) in [4.78, 5) is 4.25. The summed E-state index contributed by atoms with van der Waals surface area (Å²) in [5.41, 5.74) is 5.57. The van der Waals surface area contributed by atoms with Crippen molar-refractivity contribution in [2.24, 2.45) is 0 Å². The van der Waals surface area contributed by atoms with Gasteiger partial charge in [-0.1, -0.05) is 17.7 Å². The second kappa shape index (κ2) is 6.15. The number of nitrogens with one attached hydrogen (secondary N) is 1. The van der Waals surface area contributed by atoms with Crippen molar-refractivity contribution in [3.8, 4) is 0 Å². The van der Waals surface area contributed by atoms with Gasteiger partial charge in [-0.2, -0.15) is 0 Å². The smallest absolute Gasteiger partial charge is 0.0794 e. The van der Waals surface area contributed by atoms with Crippen LogP contribution in [0.1, 0.15) is 16.8 Å². The van der Waals surface area contributed by atoms with Gasteiger partial charge in [-0.3, -0.25) is 0 Å². The van der Waals surface area contributed by atoms with Gasteiger partial charge in [-0.15, -0.1) is 11.3 Å². The lowest BCUT2D eigenvalue weighted by Crippen LogP contribution is -2.17. The van der Waals surface area contributed by atoms with Crippen LogP contribution in [0.25, 0.3) is 0 Å².